The monoisotopic (exact) mass is 391 g/mol. The van der Waals surface area contributed by atoms with Gasteiger partial charge in [0.2, 0.25) is 0 Å². The highest BCUT2D eigenvalue weighted by Crippen LogP contribution is 2.21. The molecule has 9 nitrogen and oxygen atoms in total. The van der Waals surface area contributed by atoms with Crippen LogP contribution in [0.3, 0.4) is 0 Å². The number of nitrogens with zero attached hydrogens (tertiary/aromatic N) is 5. The van der Waals surface area contributed by atoms with E-state index in [0.29, 0.717) is 23.9 Å². The third-order valence-corrected chi connectivity index (χ3v) is 3.58. The van der Waals surface area contributed by atoms with Gasteiger partial charge in [-0.05, 0) is 32.0 Å². The number of carboxylic acid groups (broad SMARTS) is 1. The number of aromatic nitrogens is 5. The average Bonchev–Trinajstić information content (AvgIpc) is 3.28. The van der Waals surface area contributed by atoms with E-state index in [-0.39, 0.29) is 31.5 Å². The number of ether oxygens (including phenoxy) is 1. The minimum atomic E-state index is -0.363. The van der Waals surface area contributed by atoms with Gasteiger partial charge in [0.1, 0.15) is 23.9 Å². The topological polar surface area (TPSA) is 115 Å². The molecule has 0 unspecified atom stereocenters. The van der Waals surface area contributed by atoms with Crippen LogP contribution in [0.15, 0.2) is 36.5 Å². The summed E-state index contributed by atoms with van der Waals surface area (Å²) in [6.07, 6.45) is 1.70. The predicted octanol–water partition coefficient (Wildman–Crippen LogP) is 2.13. The molecule has 150 valence electrons. The van der Waals surface area contributed by atoms with E-state index < -0.39 is 0 Å². The van der Waals surface area contributed by atoms with Crippen LogP contribution in [0.4, 0.5) is 4.39 Å². The maximum absolute atomic E-state index is 13.2. The van der Waals surface area contributed by atoms with Gasteiger partial charge >= 0.3 is 0 Å². The predicted molar refractivity (Wildman–Crippen MR) is 98.1 cm³/mol. The quantitative estimate of drug-likeness (QED) is 0.593. The molecule has 3 rings (SSSR count). The molecule has 2 N–H and O–H groups in total. The van der Waals surface area contributed by atoms with E-state index in [1.165, 1.54) is 12.1 Å². The SMILES string of the molecule is CC(C)n1nccc1-c1nc(COc2cccc(F)c2)nn1CCO.O=CO. The molecule has 28 heavy (non-hydrogen) atoms. The van der Waals surface area contributed by atoms with Crippen LogP contribution >= 0.6 is 0 Å². The Morgan fingerprint density at radius 1 is 1.32 bits per heavy atom. The van der Waals surface area contributed by atoms with E-state index in [1.54, 1.807) is 23.0 Å². The maximum atomic E-state index is 13.2. The summed E-state index contributed by atoms with van der Waals surface area (Å²) >= 11 is 0. The van der Waals surface area contributed by atoms with Crippen molar-refractivity contribution in [2.24, 2.45) is 0 Å². The first-order valence-corrected chi connectivity index (χ1v) is 8.54. The summed E-state index contributed by atoms with van der Waals surface area (Å²) in [4.78, 5) is 12.9. The Morgan fingerprint density at radius 3 is 2.71 bits per heavy atom. The Bertz CT molecular complexity index is 894. The van der Waals surface area contributed by atoms with E-state index in [1.807, 2.05) is 24.6 Å². The maximum Gasteiger partial charge on any atom is 0.290 e. The second kappa shape index (κ2) is 10.2. The van der Waals surface area contributed by atoms with Gasteiger partial charge < -0.3 is 14.9 Å². The fraction of sp³-hybridized carbons (Fsp3) is 0.333. The zero-order chi connectivity index (χ0) is 20.5. The van der Waals surface area contributed by atoms with Gasteiger partial charge in [-0.15, -0.1) is 0 Å². The number of aliphatic hydroxyl groups is 1. The molecule has 0 aliphatic rings. The highest BCUT2D eigenvalue weighted by atomic mass is 19.1. The van der Waals surface area contributed by atoms with E-state index >= 15 is 0 Å². The lowest BCUT2D eigenvalue weighted by atomic mass is 10.3. The Kier molecular flexibility index (Phi) is 7.64. The van der Waals surface area contributed by atoms with Crippen LogP contribution < -0.4 is 4.74 Å². The van der Waals surface area contributed by atoms with E-state index in [2.05, 4.69) is 15.2 Å². The molecule has 0 saturated heterocycles. The van der Waals surface area contributed by atoms with Gasteiger partial charge in [0.25, 0.3) is 6.47 Å². The fourth-order valence-electron chi connectivity index (χ4n) is 2.50. The van der Waals surface area contributed by atoms with Crippen molar-refractivity contribution >= 4 is 6.47 Å². The first-order valence-electron chi connectivity index (χ1n) is 8.54. The lowest BCUT2D eigenvalue weighted by Gasteiger charge is -2.10. The highest BCUT2D eigenvalue weighted by molar-refractivity contribution is 5.49. The van der Waals surface area contributed by atoms with E-state index in [9.17, 15) is 9.50 Å². The molecule has 10 heteroatoms. The molecule has 1 aromatic carbocycles. The lowest BCUT2D eigenvalue weighted by Crippen LogP contribution is -2.10. The molecule has 0 saturated carbocycles. The lowest BCUT2D eigenvalue weighted by molar-refractivity contribution is -0.122. The Balaban J connectivity index is 0.000000878. The third kappa shape index (κ3) is 5.36. The molecule has 2 heterocycles. The normalized spacial score (nSPS) is 10.5. The van der Waals surface area contributed by atoms with Crippen LogP contribution in [0.2, 0.25) is 0 Å². The molecular weight excluding hydrogens is 369 g/mol. The van der Waals surface area contributed by atoms with Crippen molar-refractivity contribution in [3.05, 3.63) is 48.2 Å². The highest BCUT2D eigenvalue weighted by Gasteiger charge is 2.17. The fourth-order valence-corrected chi connectivity index (χ4v) is 2.50. The van der Waals surface area contributed by atoms with Crippen molar-refractivity contribution in [2.75, 3.05) is 6.61 Å². The molecule has 0 aliphatic carbocycles. The van der Waals surface area contributed by atoms with Crippen LogP contribution in [-0.2, 0) is 17.9 Å². The van der Waals surface area contributed by atoms with Crippen LogP contribution in [0, 0.1) is 5.82 Å². The molecule has 3 aromatic rings. The van der Waals surface area contributed by atoms with Gasteiger partial charge in [-0.3, -0.25) is 9.48 Å². The number of halogens is 1. The van der Waals surface area contributed by atoms with Crippen molar-refractivity contribution < 1.29 is 24.1 Å². The third-order valence-electron chi connectivity index (χ3n) is 3.58. The standard InChI is InChI=1S/C17H20FN5O2.CH2O2/c1-12(2)23-15(6-7-19-23)17-20-16(21-22(17)8-9-24)11-25-14-5-3-4-13(18)10-14;2-1-3/h3-7,10,12,24H,8-9,11H2,1-2H3;1H,(H,2,3). The van der Waals surface area contributed by atoms with Crippen molar-refractivity contribution in [1.82, 2.24) is 24.5 Å². The summed E-state index contributed by atoms with van der Waals surface area (Å²) in [6, 6.07) is 7.93. The molecule has 0 radical (unpaired) electrons. The number of benzene rings is 1. The van der Waals surface area contributed by atoms with Crippen molar-refractivity contribution in [2.45, 2.75) is 33.0 Å². The van der Waals surface area contributed by atoms with Crippen molar-refractivity contribution in [3.63, 3.8) is 0 Å². The summed E-state index contributed by atoms with van der Waals surface area (Å²) < 4.78 is 22.2. The van der Waals surface area contributed by atoms with Crippen LogP contribution in [0.5, 0.6) is 5.75 Å². The van der Waals surface area contributed by atoms with E-state index in [4.69, 9.17) is 14.6 Å². The van der Waals surface area contributed by atoms with Gasteiger partial charge in [-0.2, -0.15) is 10.2 Å². The largest absolute Gasteiger partial charge is 0.485 e. The Morgan fingerprint density at radius 2 is 2.07 bits per heavy atom. The first-order chi connectivity index (χ1) is 13.5. The molecule has 0 amide bonds. The summed E-state index contributed by atoms with van der Waals surface area (Å²) in [5.74, 6) is 1.10. The number of aliphatic hydroxyl groups excluding tert-OH is 1. The number of hydrogen-bond donors (Lipinski definition) is 2. The minimum Gasteiger partial charge on any atom is -0.485 e. The summed E-state index contributed by atoms with van der Waals surface area (Å²) in [5, 5.41) is 24.9. The van der Waals surface area contributed by atoms with Crippen LogP contribution in [-0.4, -0.2) is 47.8 Å². The number of hydrogen-bond acceptors (Lipinski definition) is 6. The van der Waals surface area contributed by atoms with E-state index in [0.717, 1.165) is 5.69 Å². The first kappa shape index (κ1) is 21.0. The van der Waals surface area contributed by atoms with Gasteiger partial charge in [0, 0.05) is 18.3 Å². The molecule has 2 aromatic heterocycles. The molecule has 0 aliphatic heterocycles. The van der Waals surface area contributed by atoms with Crippen molar-refractivity contribution in [1.29, 1.82) is 0 Å². The van der Waals surface area contributed by atoms with Gasteiger partial charge in [0.05, 0.1) is 13.2 Å². The summed E-state index contributed by atoms with van der Waals surface area (Å²) in [5.41, 5.74) is 0.813. The molecule has 0 spiro atoms. The number of rotatable bonds is 7. The molecule has 0 bridgehead atoms. The Hall–Kier alpha value is -3.27. The molecule has 0 fully saturated rings. The van der Waals surface area contributed by atoms with Gasteiger partial charge in [-0.1, -0.05) is 6.07 Å². The summed E-state index contributed by atoms with van der Waals surface area (Å²) in [6.45, 7) is 4.15. The number of carbonyl (C=O) groups is 1. The minimum absolute atomic E-state index is 0.0592. The van der Waals surface area contributed by atoms with Crippen LogP contribution in [0.1, 0.15) is 25.7 Å². The molecular formula is C18H22FN5O4. The smallest absolute Gasteiger partial charge is 0.290 e. The van der Waals surface area contributed by atoms with Crippen LogP contribution in [0.25, 0.3) is 11.5 Å². The average molecular weight is 391 g/mol. The second-order valence-corrected chi connectivity index (χ2v) is 5.90. The zero-order valence-electron chi connectivity index (χ0n) is 15.6. The van der Waals surface area contributed by atoms with Gasteiger partial charge in [0.15, 0.2) is 11.6 Å². The van der Waals surface area contributed by atoms with Gasteiger partial charge in [-0.25, -0.2) is 14.1 Å². The molecule has 0 atom stereocenters. The zero-order valence-corrected chi connectivity index (χ0v) is 15.6. The second-order valence-electron chi connectivity index (χ2n) is 5.90. The van der Waals surface area contributed by atoms with Crippen molar-refractivity contribution in [3.8, 4) is 17.3 Å². The summed E-state index contributed by atoms with van der Waals surface area (Å²) in [7, 11) is 0. The Labute approximate surface area is 161 Å².